The third-order valence-electron chi connectivity index (χ3n) is 5.90. The fraction of sp³-hybridized carbons (Fsp3) is 0.107. The number of aliphatic hydroxyl groups is 1. The first-order valence-corrected chi connectivity index (χ1v) is 11.9. The number of rotatable bonds is 7. The van der Waals surface area contributed by atoms with Crippen LogP contribution in [0.2, 0.25) is 0 Å². The summed E-state index contributed by atoms with van der Waals surface area (Å²) in [6, 6.07) is 20.9. The van der Waals surface area contributed by atoms with Crippen molar-refractivity contribution in [2.45, 2.75) is 6.04 Å². The Labute approximate surface area is 211 Å². The van der Waals surface area contributed by atoms with Crippen LogP contribution < -0.4 is 14.4 Å². The fourth-order valence-electron chi connectivity index (χ4n) is 4.13. The van der Waals surface area contributed by atoms with Gasteiger partial charge in [-0.05, 0) is 47.5 Å². The van der Waals surface area contributed by atoms with Crippen LogP contribution in [-0.4, -0.2) is 36.0 Å². The van der Waals surface area contributed by atoms with Gasteiger partial charge in [-0.15, -0.1) is 0 Å². The van der Waals surface area contributed by atoms with Crippen LogP contribution in [0, 0.1) is 0 Å². The molecule has 8 heteroatoms. The monoisotopic (exact) mass is 498 g/mol. The van der Waals surface area contributed by atoms with Crippen molar-refractivity contribution >= 4 is 44.5 Å². The number of ketones is 1. The minimum Gasteiger partial charge on any atom is -0.503 e. The first-order chi connectivity index (χ1) is 17.5. The molecule has 7 nitrogen and oxygen atoms in total. The Morgan fingerprint density at radius 2 is 1.75 bits per heavy atom. The van der Waals surface area contributed by atoms with Crippen molar-refractivity contribution in [1.29, 1.82) is 0 Å². The summed E-state index contributed by atoms with van der Waals surface area (Å²) < 4.78 is 11.5. The minimum absolute atomic E-state index is 0.0164. The normalized spacial score (nSPS) is 15.8. The molecule has 0 saturated heterocycles. The highest BCUT2D eigenvalue weighted by Gasteiger charge is 2.45. The van der Waals surface area contributed by atoms with E-state index < -0.39 is 23.5 Å². The molecule has 4 aromatic rings. The van der Waals surface area contributed by atoms with Gasteiger partial charge in [-0.2, -0.15) is 0 Å². The van der Waals surface area contributed by atoms with E-state index >= 15 is 0 Å². The van der Waals surface area contributed by atoms with Crippen LogP contribution in [0.4, 0.5) is 5.13 Å². The van der Waals surface area contributed by atoms with Gasteiger partial charge >= 0.3 is 0 Å². The van der Waals surface area contributed by atoms with E-state index in [1.54, 1.807) is 56.7 Å². The van der Waals surface area contributed by atoms with E-state index in [1.165, 1.54) is 22.3 Å². The first kappa shape index (κ1) is 23.3. The van der Waals surface area contributed by atoms with Crippen LogP contribution in [0.25, 0.3) is 16.3 Å². The molecule has 0 saturated carbocycles. The molecule has 0 bridgehead atoms. The number of ether oxygens (including phenoxy) is 2. The maximum absolute atomic E-state index is 13.4. The molecule has 0 radical (unpaired) electrons. The SMILES string of the molecule is COc1cccc([C@H]2C(C(=O)/C=C/c3ccccc3)=C(O)C(=O)N2c2nc3ccc(OC)cc3s2)c1. The van der Waals surface area contributed by atoms with Crippen molar-refractivity contribution in [3.8, 4) is 11.5 Å². The second-order valence-electron chi connectivity index (χ2n) is 8.05. The number of nitrogens with zero attached hydrogens (tertiary/aromatic N) is 2. The number of anilines is 1. The van der Waals surface area contributed by atoms with Gasteiger partial charge in [0.15, 0.2) is 16.7 Å². The maximum atomic E-state index is 13.4. The van der Waals surface area contributed by atoms with Gasteiger partial charge in [0.1, 0.15) is 11.5 Å². The molecule has 0 fully saturated rings. The number of hydrogen-bond donors (Lipinski definition) is 1. The van der Waals surface area contributed by atoms with Crippen LogP contribution in [0.3, 0.4) is 0 Å². The predicted molar refractivity (Wildman–Crippen MR) is 140 cm³/mol. The molecule has 180 valence electrons. The average molecular weight is 499 g/mol. The van der Waals surface area contributed by atoms with E-state index in [1.807, 2.05) is 36.4 Å². The topological polar surface area (TPSA) is 89.0 Å². The number of thiazole rings is 1. The van der Waals surface area contributed by atoms with Gasteiger partial charge in [0.2, 0.25) is 0 Å². The standard InChI is InChI=1S/C28H22N2O5S/c1-34-19-10-6-9-18(15-19)25-24(22(31)14-11-17-7-4-3-5-8-17)26(32)27(33)30(25)28-29-21-13-12-20(35-2)16-23(21)36-28/h3-16,25,32H,1-2H3/b14-11+/t25-/m0/s1. The second-order valence-corrected chi connectivity index (χ2v) is 9.06. The van der Waals surface area contributed by atoms with Crippen molar-refractivity contribution in [1.82, 2.24) is 4.98 Å². The van der Waals surface area contributed by atoms with Crippen molar-refractivity contribution in [3.05, 3.63) is 101 Å². The Hall–Kier alpha value is -4.43. The average Bonchev–Trinajstić information content (AvgIpc) is 3.45. The molecular formula is C28H22N2O5S. The van der Waals surface area contributed by atoms with E-state index in [0.29, 0.717) is 27.7 Å². The highest BCUT2D eigenvalue weighted by atomic mass is 32.1. The van der Waals surface area contributed by atoms with E-state index in [2.05, 4.69) is 4.98 Å². The quantitative estimate of drug-likeness (QED) is 0.339. The third kappa shape index (κ3) is 4.23. The molecule has 36 heavy (non-hydrogen) atoms. The van der Waals surface area contributed by atoms with E-state index in [0.717, 1.165) is 10.3 Å². The number of aromatic nitrogens is 1. The van der Waals surface area contributed by atoms with Gasteiger partial charge < -0.3 is 14.6 Å². The first-order valence-electron chi connectivity index (χ1n) is 11.1. The Bertz CT molecular complexity index is 1520. The van der Waals surface area contributed by atoms with E-state index in [9.17, 15) is 14.7 Å². The smallest absolute Gasteiger partial charge is 0.296 e. The Morgan fingerprint density at radius 1 is 1.00 bits per heavy atom. The maximum Gasteiger partial charge on any atom is 0.296 e. The van der Waals surface area contributed by atoms with Crippen molar-refractivity contribution in [2.75, 3.05) is 19.1 Å². The molecular weight excluding hydrogens is 476 g/mol. The minimum atomic E-state index is -0.886. The molecule has 0 unspecified atom stereocenters. The number of fused-ring (bicyclic) bond motifs is 1. The number of aliphatic hydroxyl groups excluding tert-OH is 1. The predicted octanol–water partition coefficient (Wildman–Crippen LogP) is 5.50. The Balaban J connectivity index is 1.61. The van der Waals surface area contributed by atoms with Gasteiger partial charge in [0, 0.05) is 0 Å². The second kappa shape index (κ2) is 9.67. The lowest BCUT2D eigenvalue weighted by molar-refractivity contribution is -0.117. The summed E-state index contributed by atoms with van der Waals surface area (Å²) in [6.07, 6.45) is 3.02. The number of hydrogen-bond acceptors (Lipinski definition) is 7. The number of allylic oxidation sites excluding steroid dienone is 1. The van der Waals surface area contributed by atoms with Crippen LogP contribution in [0.5, 0.6) is 11.5 Å². The highest BCUT2D eigenvalue weighted by molar-refractivity contribution is 7.22. The number of amides is 1. The van der Waals surface area contributed by atoms with Crippen LogP contribution in [0.15, 0.2) is 90.2 Å². The van der Waals surface area contributed by atoms with Crippen LogP contribution in [-0.2, 0) is 9.59 Å². The molecule has 1 aliphatic rings. The molecule has 1 atom stereocenters. The summed E-state index contributed by atoms with van der Waals surface area (Å²) in [6.45, 7) is 0. The van der Waals surface area contributed by atoms with Gasteiger partial charge in [-0.3, -0.25) is 14.5 Å². The van der Waals surface area contributed by atoms with Crippen LogP contribution >= 0.6 is 11.3 Å². The van der Waals surface area contributed by atoms with E-state index in [4.69, 9.17) is 9.47 Å². The third-order valence-corrected chi connectivity index (χ3v) is 6.92. The Kier molecular flexibility index (Phi) is 6.26. The molecule has 0 spiro atoms. The lowest BCUT2D eigenvalue weighted by Gasteiger charge is -2.24. The zero-order valence-electron chi connectivity index (χ0n) is 19.5. The lowest BCUT2D eigenvalue weighted by atomic mass is 9.95. The summed E-state index contributed by atoms with van der Waals surface area (Å²) >= 11 is 1.28. The van der Waals surface area contributed by atoms with Crippen molar-refractivity contribution < 1.29 is 24.2 Å². The van der Waals surface area contributed by atoms with Crippen molar-refractivity contribution in [2.24, 2.45) is 0 Å². The zero-order valence-corrected chi connectivity index (χ0v) is 20.4. The molecule has 1 aromatic heterocycles. The molecule has 1 N–H and O–H groups in total. The van der Waals surface area contributed by atoms with E-state index in [-0.39, 0.29) is 5.57 Å². The highest BCUT2D eigenvalue weighted by Crippen LogP contribution is 2.44. The molecule has 0 aliphatic carbocycles. The number of benzene rings is 3. The molecule has 1 aliphatic heterocycles. The summed E-state index contributed by atoms with van der Waals surface area (Å²) in [5, 5.41) is 11.3. The van der Waals surface area contributed by atoms with Gasteiger partial charge in [-0.25, -0.2) is 4.98 Å². The van der Waals surface area contributed by atoms with Gasteiger partial charge in [0.25, 0.3) is 5.91 Å². The largest absolute Gasteiger partial charge is 0.503 e. The zero-order chi connectivity index (χ0) is 25.2. The summed E-state index contributed by atoms with van der Waals surface area (Å²) in [5.41, 5.74) is 2.10. The number of methoxy groups -OCH3 is 2. The van der Waals surface area contributed by atoms with Gasteiger partial charge in [-0.1, -0.05) is 59.9 Å². The van der Waals surface area contributed by atoms with Crippen LogP contribution in [0.1, 0.15) is 17.2 Å². The molecule has 2 heterocycles. The summed E-state index contributed by atoms with van der Waals surface area (Å²) in [5.74, 6) is -0.528. The molecule has 5 rings (SSSR count). The molecule has 1 amide bonds. The number of carbonyl (C=O) groups is 2. The van der Waals surface area contributed by atoms with Crippen molar-refractivity contribution in [3.63, 3.8) is 0 Å². The summed E-state index contributed by atoms with van der Waals surface area (Å²) in [4.78, 5) is 32.8. The lowest BCUT2D eigenvalue weighted by Crippen LogP contribution is -2.30. The fourth-order valence-corrected chi connectivity index (χ4v) is 5.15. The number of carbonyl (C=O) groups excluding carboxylic acids is 2. The summed E-state index contributed by atoms with van der Waals surface area (Å²) in [7, 11) is 3.12. The Morgan fingerprint density at radius 3 is 2.50 bits per heavy atom. The van der Waals surface area contributed by atoms with Gasteiger partial charge in [0.05, 0.1) is 36.1 Å². The molecule has 3 aromatic carbocycles.